The summed E-state index contributed by atoms with van der Waals surface area (Å²) in [5.74, 6) is 2.13. The smallest absolute Gasteiger partial charge is 0.148 e. The van der Waals surface area contributed by atoms with Gasteiger partial charge in [0.15, 0.2) is 0 Å². The standard InChI is InChI=1S/C21H25N5O2S/c1-21(2)10-13-14(11-28-21)18(25-6-8-27-9-7-25)24-20-15(13)16-17(29-20)19-22-4-3-5-26(19)12-23-16/h12H,3-11H2,1-2H3. The van der Waals surface area contributed by atoms with Gasteiger partial charge in [-0.2, -0.15) is 0 Å². The van der Waals surface area contributed by atoms with Gasteiger partial charge in [0.1, 0.15) is 16.5 Å². The van der Waals surface area contributed by atoms with Gasteiger partial charge in [0, 0.05) is 43.5 Å². The number of nitrogens with zero attached hydrogens (tertiary/aromatic N) is 5. The van der Waals surface area contributed by atoms with Crippen LogP contribution in [0.1, 0.15) is 36.3 Å². The monoisotopic (exact) mass is 411 g/mol. The lowest BCUT2D eigenvalue weighted by Gasteiger charge is -2.36. The zero-order chi connectivity index (χ0) is 19.6. The maximum Gasteiger partial charge on any atom is 0.148 e. The summed E-state index contributed by atoms with van der Waals surface area (Å²) in [7, 11) is 0. The van der Waals surface area contributed by atoms with Gasteiger partial charge in [0.25, 0.3) is 0 Å². The highest BCUT2D eigenvalue weighted by molar-refractivity contribution is 7.21. The molecule has 1 fully saturated rings. The summed E-state index contributed by atoms with van der Waals surface area (Å²) in [6.45, 7) is 10.1. The molecule has 1 saturated heterocycles. The lowest BCUT2D eigenvalue weighted by atomic mass is 9.89. The summed E-state index contributed by atoms with van der Waals surface area (Å²) < 4.78 is 11.8. The maximum atomic E-state index is 6.21. The molecule has 0 unspecified atom stereocenters. The second kappa shape index (κ2) is 6.48. The number of hydrogen-bond acceptors (Lipinski definition) is 8. The predicted molar refractivity (Wildman–Crippen MR) is 116 cm³/mol. The molecule has 0 N–H and O–H groups in total. The van der Waals surface area contributed by atoms with E-state index in [9.17, 15) is 0 Å². The summed E-state index contributed by atoms with van der Waals surface area (Å²) in [5.41, 5.74) is 3.44. The van der Waals surface area contributed by atoms with Gasteiger partial charge in [0.2, 0.25) is 0 Å². The molecular formula is C21H25N5O2S. The topological polar surface area (TPSA) is 62.5 Å². The van der Waals surface area contributed by atoms with E-state index in [1.54, 1.807) is 11.3 Å². The molecule has 8 heteroatoms. The van der Waals surface area contributed by atoms with Crippen molar-refractivity contribution in [2.45, 2.75) is 38.9 Å². The van der Waals surface area contributed by atoms with Crippen LogP contribution in [0, 0.1) is 0 Å². The van der Waals surface area contributed by atoms with Crippen molar-refractivity contribution in [1.29, 1.82) is 0 Å². The number of ether oxygens (including phenoxy) is 2. The van der Waals surface area contributed by atoms with E-state index in [0.29, 0.717) is 6.61 Å². The van der Waals surface area contributed by atoms with Crippen LogP contribution in [0.25, 0.3) is 10.2 Å². The highest BCUT2D eigenvalue weighted by Gasteiger charge is 2.35. The lowest BCUT2D eigenvalue weighted by molar-refractivity contribution is -0.0396. The Morgan fingerprint density at radius 2 is 2.00 bits per heavy atom. The van der Waals surface area contributed by atoms with Crippen molar-refractivity contribution in [1.82, 2.24) is 9.88 Å². The molecule has 152 valence electrons. The van der Waals surface area contributed by atoms with E-state index in [0.717, 1.165) is 74.4 Å². The first-order valence-corrected chi connectivity index (χ1v) is 11.2. The summed E-state index contributed by atoms with van der Waals surface area (Å²) in [4.78, 5) is 21.6. The van der Waals surface area contributed by atoms with E-state index >= 15 is 0 Å². The van der Waals surface area contributed by atoms with Gasteiger partial charge in [-0.05, 0) is 25.8 Å². The first kappa shape index (κ1) is 17.8. The van der Waals surface area contributed by atoms with E-state index in [2.05, 4.69) is 23.6 Å². The van der Waals surface area contributed by atoms with Crippen molar-refractivity contribution in [3.8, 4) is 0 Å². The molecule has 29 heavy (non-hydrogen) atoms. The molecule has 2 aromatic heterocycles. The molecule has 0 spiro atoms. The van der Waals surface area contributed by atoms with Crippen molar-refractivity contribution < 1.29 is 9.47 Å². The fraction of sp³-hybridized carbons (Fsp3) is 0.571. The van der Waals surface area contributed by atoms with E-state index in [-0.39, 0.29) is 5.60 Å². The van der Waals surface area contributed by atoms with Crippen LogP contribution in [-0.2, 0) is 22.5 Å². The van der Waals surface area contributed by atoms with Crippen LogP contribution < -0.4 is 4.90 Å². The quantitative estimate of drug-likeness (QED) is 0.722. The number of aromatic nitrogens is 1. The van der Waals surface area contributed by atoms with Gasteiger partial charge in [-0.15, -0.1) is 11.3 Å². The predicted octanol–water partition coefficient (Wildman–Crippen LogP) is 3.11. The molecule has 4 aliphatic rings. The average Bonchev–Trinajstić information content (AvgIpc) is 3.12. The van der Waals surface area contributed by atoms with Crippen LogP contribution in [0.5, 0.6) is 0 Å². The highest BCUT2D eigenvalue weighted by atomic mass is 32.1. The number of rotatable bonds is 1. The third kappa shape index (κ3) is 2.80. The van der Waals surface area contributed by atoms with Crippen LogP contribution in [0.3, 0.4) is 0 Å². The summed E-state index contributed by atoms with van der Waals surface area (Å²) in [5, 5.41) is 1.21. The van der Waals surface area contributed by atoms with Crippen LogP contribution in [-0.4, -0.2) is 67.1 Å². The molecule has 0 amide bonds. The average molecular weight is 412 g/mol. The summed E-state index contributed by atoms with van der Waals surface area (Å²) in [6.07, 6.45) is 3.91. The second-order valence-electron chi connectivity index (χ2n) is 8.67. The van der Waals surface area contributed by atoms with E-state index < -0.39 is 0 Å². The Bertz CT molecular complexity index is 1050. The van der Waals surface area contributed by atoms with Crippen molar-refractivity contribution >= 4 is 45.2 Å². The first-order valence-electron chi connectivity index (χ1n) is 10.4. The summed E-state index contributed by atoms with van der Waals surface area (Å²) >= 11 is 1.74. The third-order valence-corrected chi connectivity index (χ3v) is 7.22. The van der Waals surface area contributed by atoms with Gasteiger partial charge in [-0.1, -0.05) is 0 Å². The van der Waals surface area contributed by atoms with Crippen molar-refractivity contribution in [3.63, 3.8) is 0 Å². The minimum atomic E-state index is -0.189. The highest BCUT2D eigenvalue weighted by Crippen LogP contribution is 2.47. The van der Waals surface area contributed by atoms with Crippen molar-refractivity contribution in [3.05, 3.63) is 16.0 Å². The minimum Gasteiger partial charge on any atom is -0.378 e. The number of pyridine rings is 1. The molecule has 0 atom stereocenters. The third-order valence-electron chi connectivity index (χ3n) is 6.15. The number of morpholine rings is 1. The molecule has 7 nitrogen and oxygen atoms in total. The molecule has 6 heterocycles. The Kier molecular flexibility index (Phi) is 3.98. The normalized spacial score (nSPS) is 22.9. The number of aliphatic imine (C=N–C) groups is 2. The van der Waals surface area contributed by atoms with E-state index in [1.165, 1.54) is 21.4 Å². The Morgan fingerprint density at radius 3 is 2.86 bits per heavy atom. The first-order chi connectivity index (χ1) is 14.1. The molecule has 6 rings (SSSR count). The largest absolute Gasteiger partial charge is 0.378 e. The zero-order valence-corrected chi connectivity index (χ0v) is 17.7. The second-order valence-corrected chi connectivity index (χ2v) is 9.67. The van der Waals surface area contributed by atoms with Gasteiger partial charge in [-0.3, -0.25) is 4.99 Å². The van der Waals surface area contributed by atoms with Crippen LogP contribution in [0.2, 0.25) is 0 Å². The number of thiophene rings is 1. The number of anilines is 1. The molecule has 0 radical (unpaired) electrons. The molecular weight excluding hydrogens is 386 g/mol. The van der Waals surface area contributed by atoms with Gasteiger partial charge in [0.05, 0.1) is 42.3 Å². The SMILES string of the molecule is CC1(C)Cc2c(c(N3CCOCC3)nc3sc4c(c23)N=CN2CCCN=C42)CO1. The number of hydrogen-bond donors (Lipinski definition) is 0. The van der Waals surface area contributed by atoms with Gasteiger partial charge >= 0.3 is 0 Å². The van der Waals surface area contributed by atoms with Crippen molar-refractivity contribution in [2.24, 2.45) is 9.98 Å². The lowest BCUT2D eigenvalue weighted by Crippen LogP contribution is -2.39. The summed E-state index contributed by atoms with van der Waals surface area (Å²) in [6, 6.07) is 0. The Balaban J connectivity index is 1.59. The number of fused-ring (bicyclic) bond motifs is 7. The molecule has 2 aromatic rings. The minimum absolute atomic E-state index is 0.189. The Morgan fingerprint density at radius 1 is 1.14 bits per heavy atom. The van der Waals surface area contributed by atoms with E-state index in [1.807, 2.05) is 6.34 Å². The molecule has 0 saturated carbocycles. The molecule has 0 bridgehead atoms. The van der Waals surface area contributed by atoms with Crippen molar-refractivity contribution in [2.75, 3.05) is 44.3 Å². The van der Waals surface area contributed by atoms with E-state index in [4.69, 9.17) is 24.4 Å². The zero-order valence-electron chi connectivity index (χ0n) is 16.9. The van der Waals surface area contributed by atoms with Crippen LogP contribution in [0.4, 0.5) is 11.5 Å². The van der Waals surface area contributed by atoms with Gasteiger partial charge in [-0.25, -0.2) is 9.98 Å². The van der Waals surface area contributed by atoms with Gasteiger partial charge < -0.3 is 19.3 Å². The van der Waals surface area contributed by atoms with Crippen LogP contribution in [0.15, 0.2) is 9.98 Å². The molecule has 4 aliphatic heterocycles. The molecule has 0 aliphatic carbocycles. The molecule has 0 aromatic carbocycles. The Labute approximate surface area is 174 Å². The fourth-order valence-corrected chi connectivity index (χ4v) is 5.85. The Hall–Kier alpha value is -2.03. The van der Waals surface area contributed by atoms with Crippen LogP contribution >= 0.6 is 11.3 Å². The maximum absolute atomic E-state index is 6.21. The fourth-order valence-electron chi connectivity index (χ4n) is 4.68. The number of amidine groups is 1.